The maximum absolute atomic E-state index is 12.6. The molecule has 0 aliphatic rings. The van der Waals surface area contributed by atoms with Crippen molar-refractivity contribution in [1.29, 1.82) is 0 Å². The van der Waals surface area contributed by atoms with E-state index in [4.69, 9.17) is 4.42 Å². The number of nitrogens with zero attached hydrogens (tertiary/aromatic N) is 2. The molecular formula is C17H22N2O3S. The predicted molar refractivity (Wildman–Crippen MR) is 91.2 cm³/mol. The van der Waals surface area contributed by atoms with Gasteiger partial charge in [-0.3, -0.25) is 0 Å². The molecule has 0 spiro atoms. The molecule has 1 aromatic heterocycles. The third-order valence-electron chi connectivity index (χ3n) is 3.36. The van der Waals surface area contributed by atoms with Gasteiger partial charge >= 0.3 is 0 Å². The van der Waals surface area contributed by atoms with Gasteiger partial charge in [0.05, 0.1) is 17.0 Å². The highest BCUT2D eigenvalue weighted by atomic mass is 32.2. The second kappa shape index (κ2) is 6.68. The largest absolute Gasteiger partial charge is 0.444 e. The lowest BCUT2D eigenvalue weighted by Gasteiger charge is -2.28. The van der Waals surface area contributed by atoms with Crippen LogP contribution in [0, 0.1) is 0 Å². The minimum Gasteiger partial charge on any atom is -0.444 e. The van der Waals surface area contributed by atoms with Crippen LogP contribution in [0.2, 0.25) is 0 Å². The minimum atomic E-state index is -3.47. The molecule has 2 rings (SSSR count). The van der Waals surface area contributed by atoms with Crippen molar-refractivity contribution >= 4 is 10.0 Å². The summed E-state index contributed by atoms with van der Waals surface area (Å²) >= 11 is 0. The number of benzene rings is 1. The van der Waals surface area contributed by atoms with Gasteiger partial charge in [-0.15, -0.1) is 6.58 Å². The van der Waals surface area contributed by atoms with E-state index in [1.54, 1.807) is 26.8 Å². The summed E-state index contributed by atoms with van der Waals surface area (Å²) in [6, 6.07) is 9.49. The van der Waals surface area contributed by atoms with Gasteiger partial charge in [0, 0.05) is 12.1 Å². The Bertz CT molecular complexity index is 759. The average Bonchev–Trinajstić information content (AvgIpc) is 2.95. The Morgan fingerprint density at radius 2 is 1.91 bits per heavy atom. The SMILES string of the molecule is C=CCN(Cc1coc(-c2ccccc2)n1)S(=O)(=O)C(C)(C)C. The van der Waals surface area contributed by atoms with Crippen LogP contribution in [0.1, 0.15) is 26.5 Å². The van der Waals surface area contributed by atoms with Crippen molar-refractivity contribution in [3.05, 3.63) is 54.9 Å². The van der Waals surface area contributed by atoms with Gasteiger partial charge in [0.15, 0.2) is 0 Å². The van der Waals surface area contributed by atoms with Gasteiger partial charge < -0.3 is 4.42 Å². The Kier molecular flexibility index (Phi) is 5.06. The topological polar surface area (TPSA) is 63.4 Å². The molecule has 0 aliphatic carbocycles. The zero-order chi connectivity index (χ0) is 17.1. The molecule has 23 heavy (non-hydrogen) atoms. The van der Waals surface area contributed by atoms with Crippen molar-refractivity contribution in [2.75, 3.05) is 6.54 Å². The lowest BCUT2D eigenvalue weighted by Crippen LogP contribution is -2.42. The molecule has 0 fully saturated rings. The first-order valence-electron chi connectivity index (χ1n) is 7.36. The Balaban J connectivity index is 2.25. The molecule has 6 heteroatoms. The normalized spacial score (nSPS) is 12.5. The van der Waals surface area contributed by atoms with Crippen LogP contribution in [-0.4, -0.2) is 29.0 Å². The van der Waals surface area contributed by atoms with E-state index in [9.17, 15) is 8.42 Å². The van der Waals surface area contributed by atoms with Crippen LogP contribution in [0.5, 0.6) is 0 Å². The maximum Gasteiger partial charge on any atom is 0.226 e. The number of hydrogen-bond donors (Lipinski definition) is 0. The molecule has 0 N–H and O–H groups in total. The third-order valence-corrected chi connectivity index (χ3v) is 5.86. The Hall–Kier alpha value is -1.92. The number of hydrogen-bond acceptors (Lipinski definition) is 4. The van der Waals surface area contributed by atoms with Crippen LogP contribution in [-0.2, 0) is 16.6 Å². The van der Waals surface area contributed by atoms with Crippen molar-refractivity contribution in [1.82, 2.24) is 9.29 Å². The molecule has 0 aliphatic heterocycles. The molecule has 5 nitrogen and oxygen atoms in total. The smallest absolute Gasteiger partial charge is 0.226 e. The van der Waals surface area contributed by atoms with Crippen molar-refractivity contribution in [2.45, 2.75) is 32.1 Å². The second-order valence-electron chi connectivity index (χ2n) is 6.21. The van der Waals surface area contributed by atoms with E-state index >= 15 is 0 Å². The average molecular weight is 334 g/mol. The predicted octanol–water partition coefficient (Wildman–Crippen LogP) is 3.46. The second-order valence-corrected chi connectivity index (χ2v) is 8.90. The van der Waals surface area contributed by atoms with Crippen LogP contribution < -0.4 is 0 Å². The molecule has 124 valence electrons. The molecule has 0 bridgehead atoms. The number of oxazole rings is 1. The lowest BCUT2D eigenvalue weighted by atomic mass is 10.2. The number of sulfonamides is 1. The van der Waals surface area contributed by atoms with E-state index in [-0.39, 0.29) is 13.1 Å². The van der Waals surface area contributed by atoms with Crippen LogP contribution >= 0.6 is 0 Å². The highest BCUT2D eigenvalue weighted by Gasteiger charge is 2.35. The van der Waals surface area contributed by atoms with Crippen molar-refractivity contribution in [3.8, 4) is 11.5 Å². The van der Waals surface area contributed by atoms with Crippen molar-refractivity contribution in [2.24, 2.45) is 0 Å². The van der Waals surface area contributed by atoms with Gasteiger partial charge in [-0.25, -0.2) is 13.4 Å². The zero-order valence-electron chi connectivity index (χ0n) is 13.7. The van der Waals surface area contributed by atoms with Crippen LogP contribution in [0.25, 0.3) is 11.5 Å². The Labute approximate surface area is 137 Å². The summed E-state index contributed by atoms with van der Waals surface area (Å²) in [6.07, 6.45) is 3.07. The zero-order valence-corrected chi connectivity index (χ0v) is 14.5. The van der Waals surface area contributed by atoms with E-state index < -0.39 is 14.8 Å². The third kappa shape index (κ3) is 3.89. The van der Waals surface area contributed by atoms with Crippen LogP contribution in [0.3, 0.4) is 0 Å². The summed E-state index contributed by atoms with van der Waals surface area (Å²) in [6.45, 7) is 9.06. The summed E-state index contributed by atoms with van der Waals surface area (Å²) in [5, 5.41) is 0. The molecule has 0 unspecified atom stereocenters. The summed E-state index contributed by atoms with van der Waals surface area (Å²) in [5.41, 5.74) is 1.42. The van der Waals surface area contributed by atoms with Gasteiger partial charge in [-0.2, -0.15) is 4.31 Å². The first kappa shape index (κ1) is 17.4. The fraction of sp³-hybridized carbons (Fsp3) is 0.353. The summed E-state index contributed by atoms with van der Waals surface area (Å²) < 4.78 is 31.2. The van der Waals surface area contributed by atoms with E-state index in [2.05, 4.69) is 11.6 Å². The molecule has 1 heterocycles. The van der Waals surface area contributed by atoms with Crippen molar-refractivity contribution < 1.29 is 12.8 Å². The quantitative estimate of drug-likeness (QED) is 0.759. The molecular weight excluding hydrogens is 312 g/mol. The number of aromatic nitrogens is 1. The van der Waals surface area contributed by atoms with Gasteiger partial charge in [-0.1, -0.05) is 24.3 Å². The Morgan fingerprint density at radius 3 is 2.48 bits per heavy atom. The maximum atomic E-state index is 12.6. The standard InChI is InChI=1S/C17H22N2O3S/c1-5-11-19(23(20,21)17(2,3)4)12-15-13-22-16(18-15)14-9-7-6-8-10-14/h5-10,13H,1,11-12H2,2-4H3. The summed E-state index contributed by atoms with van der Waals surface area (Å²) in [7, 11) is -3.47. The monoisotopic (exact) mass is 334 g/mol. The van der Waals surface area contributed by atoms with E-state index in [1.807, 2.05) is 30.3 Å². The first-order valence-corrected chi connectivity index (χ1v) is 8.80. The van der Waals surface area contributed by atoms with Crippen LogP contribution in [0.15, 0.2) is 53.7 Å². The molecule has 0 radical (unpaired) electrons. The summed E-state index contributed by atoms with van der Waals surface area (Å²) in [4.78, 5) is 4.39. The van der Waals surface area contributed by atoms with E-state index in [0.29, 0.717) is 11.6 Å². The fourth-order valence-corrected chi connectivity index (χ4v) is 3.43. The van der Waals surface area contributed by atoms with Gasteiger partial charge in [-0.05, 0) is 32.9 Å². The molecule has 0 atom stereocenters. The minimum absolute atomic E-state index is 0.155. The molecule has 1 aromatic carbocycles. The summed E-state index contributed by atoms with van der Waals surface area (Å²) in [5.74, 6) is 0.479. The Morgan fingerprint density at radius 1 is 1.26 bits per heavy atom. The molecule has 2 aromatic rings. The first-order chi connectivity index (χ1) is 10.8. The number of rotatable bonds is 6. The molecule has 0 saturated heterocycles. The van der Waals surface area contributed by atoms with Gasteiger partial charge in [0.2, 0.25) is 15.9 Å². The van der Waals surface area contributed by atoms with Crippen molar-refractivity contribution in [3.63, 3.8) is 0 Å². The van der Waals surface area contributed by atoms with Crippen LogP contribution in [0.4, 0.5) is 0 Å². The molecule has 0 amide bonds. The highest BCUT2D eigenvalue weighted by molar-refractivity contribution is 7.90. The lowest BCUT2D eigenvalue weighted by molar-refractivity contribution is 0.413. The molecule has 0 saturated carbocycles. The van der Waals surface area contributed by atoms with E-state index in [0.717, 1.165) is 5.56 Å². The highest BCUT2D eigenvalue weighted by Crippen LogP contribution is 2.24. The fourth-order valence-electron chi connectivity index (χ4n) is 2.05. The van der Waals surface area contributed by atoms with E-state index in [1.165, 1.54) is 10.6 Å². The van der Waals surface area contributed by atoms with Gasteiger partial charge in [0.1, 0.15) is 6.26 Å². The van der Waals surface area contributed by atoms with Gasteiger partial charge in [0.25, 0.3) is 0 Å².